The lowest BCUT2D eigenvalue weighted by molar-refractivity contribution is -0.121. The molecule has 1 atom stereocenters. The summed E-state index contributed by atoms with van der Waals surface area (Å²) in [7, 11) is -3.51. The van der Waals surface area contributed by atoms with Gasteiger partial charge in [-0.2, -0.15) is 4.31 Å². The van der Waals surface area contributed by atoms with Crippen LogP contribution in [0, 0.1) is 5.92 Å². The minimum atomic E-state index is -3.51. The van der Waals surface area contributed by atoms with Crippen molar-refractivity contribution in [3.63, 3.8) is 0 Å². The summed E-state index contributed by atoms with van der Waals surface area (Å²) in [6.45, 7) is 6.73. The minimum absolute atomic E-state index is 0.0526. The molecule has 0 aliphatic carbocycles. The Balaban J connectivity index is 1.61. The van der Waals surface area contributed by atoms with Gasteiger partial charge in [0.05, 0.1) is 20.9 Å². The van der Waals surface area contributed by atoms with Gasteiger partial charge in [0.2, 0.25) is 15.9 Å². The number of hydrogen-bond acceptors (Lipinski definition) is 4. The molecule has 174 valence electrons. The number of carbonyl (C=O) groups is 1. The molecule has 32 heavy (non-hydrogen) atoms. The summed E-state index contributed by atoms with van der Waals surface area (Å²) < 4.78 is 26.6. The summed E-state index contributed by atoms with van der Waals surface area (Å²) in [5, 5.41) is 4.00. The van der Waals surface area contributed by atoms with Crippen LogP contribution in [0.4, 0.5) is 5.69 Å². The predicted octanol–water partition coefficient (Wildman–Crippen LogP) is 4.87. The van der Waals surface area contributed by atoms with Crippen molar-refractivity contribution in [2.45, 2.75) is 38.1 Å². The molecule has 3 rings (SSSR count). The first-order valence-electron chi connectivity index (χ1n) is 10.8. The Morgan fingerprint density at radius 2 is 1.78 bits per heavy atom. The van der Waals surface area contributed by atoms with Crippen LogP contribution in [0.2, 0.25) is 10.0 Å². The molecule has 1 unspecified atom stereocenters. The number of piperidine rings is 1. The number of sulfonamides is 1. The average molecular weight is 498 g/mol. The molecule has 9 heteroatoms. The lowest BCUT2D eigenvalue weighted by Gasteiger charge is -2.32. The number of amides is 1. The first-order chi connectivity index (χ1) is 15.2. The highest BCUT2D eigenvalue weighted by Crippen LogP contribution is 2.26. The highest BCUT2D eigenvalue weighted by atomic mass is 35.5. The zero-order chi connectivity index (χ0) is 23.3. The van der Waals surface area contributed by atoms with E-state index in [4.69, 9.17) is 23.2 Å². The number of likely N-dealkylation sites (tertiary alicyclic amines) is 1. The van der Waals surface area contributed by atoms with E-state index in [0.717, 1.165) is 24.9 Å². The molecule has 1 fully saturated rings. The van der Waals surface area contributed by atoms with Gasteiger partial charge in [0.15, 0.2) is 0 Å². The molecule has 1 N–H and O–H groups in total. The van der Waals surface area contributed by atoms with Crippen molar-refractivity contribution in [2.24, 2.45) is 5.92 Å². The van der Waals surface area contributed by atoms with E-state index < -0.39 is 10.0 Å². The zero-order valence-corrected chi connectivity index (χ0v) is 20.7. The molecule has 0 aromatic heterocycles. The number of carbonyl (C=O) groups excluding carboxylic acids is 1. The van der Waals surface area contributed by atoms with Crippen molar-refractivity contribution in [3.05, 3.63) is 58.1 Å². The van der Waals surface area contributed by atoms with Crippen LogP contribution in [-0.4, -0.2) is 49.7 Å². The summed E-state index contributed by atoms with van der Waals surface area (Å²) in [5.74, 6) is -0.186. The number of nitrogens with zero attached hydrogens (tertiary/aromatic N) is 2. The molecule has 6 nitrogen and oxygen atoms in total. The molecule has 2 aromatic rings. The number of nitrogens with one attached hydrogen (secondary N) is 1. The Labute approximate surface area is 200 Å². The van der Waals surface area contributed by atoms with E-state index in [9.17, 15) is 13.2 Å². The van der Waals surface area contributed by atoms with Crippen LogP contribution in [0.1, 0.15) is 32.3 Å². The minimum Gasteiger partial charge on any atom is -0.326 e. The van der Waals surface area contributed by atoms with E-state index in [2.05, 4.69) is 10.2 Å². The van der Waals surface area contributed by atoms with Crippen molar-refractivity contribution < 1.29 is 13.2 Å². The molecule has 2 aromatic carbocycles. The molecule has 0 spiro atoms. The molecule has 0 bridgehead atoms. The van der Waals surface area contributed by atoms with Crippen LogP contribution in [0.25, 0.3) is 0 Å². The molecule has 1 heterocycles. The van der Waals surface area contributed by atoms with Crippen molar-refractivity contribution in [3.8, 4) is 0 Å². The molecule has 0 radical (unpaired) electrons. The summed E-state index contributed by atoms with van der Waals surface area (Å²) in [5.41, 5.74) is 1.65. The number of halogens is 2. The van der Waals surface area contributed by atoms with Gasteiger partial charge in [-0.15, -0.1) is 0 Å². The first-order valence-corrected chi connectivity index (χ1v) is 13.0. The Morgan fingerprint density at radius 1 is 1.09 bits per heavy atom. The van der Waals surface area contributed by atoms with Gasteiger partial charge in [-0.05, 0) is 61.3 Å². The molecule has 1 amide bonds. The number of anilines is 1. The second-order valence-electron chi connectivity index (χ2n) is 7.93. The predicted molar refractivity (Wildman–Crippen MR) is 130 cm³/mol. The Bertz CT molecular complexity index is 1040. The summed E-state index contributed by atoms with van der Waals surface area (Å²) in [4.78, 5) is 15.3. The number of rotatable bonds is 8. The van der Waals surface area contributed by atoms with E-state index in [0.29, 0.717) is 41.9 Å². The lowest BCUT2D eigenvalue weighted by Crippen LogP contribution is -2.40. The second kappa shape index (κ2) is 11.0. The van der Waals surface area contributed by atoms with Crippen LogP contribution in [0.3, 0.4) is 0 Å². The SMILES string of the molecule is CCN(CC)S(=O)(=O)c1ccc(NC(=O)C2CCCN(Cc3ccc(Cl)c(Cl)c3)C2)cc1. The van der Waals surface area contributed by atoms with E-state index in [1.54, 1.807) is 30.3 Å². The maximum Gasteiger partial charge on any atom is 0.243 e. The van der Waals surface area contributed by atoms with E-state index in [-0.39, 0.29) is 16.7 Å². The van der Waals surface area contributed by atoms with Crippen LogP contribution in [0.5, 0.6) is 0 Å². The molecule has 0 saturated carbocycles. The highest BCUT2D eigenvalue weighted by molar-refractivity contribution is 7.89. The van der Waals surface area contributed by atoms with Gasteiger partial charge >= 0.3 is 0 Å². The smallest absolute Gasteiger partial charge is 0.243 e. The molecular weight excluding hydrogens is 469 g/mol. The molecule has 1 aliphatic rings. The maximum absolute atomic E-state index is 12.8. The van der Waals surface area contributed by atoms with E-state index >= 15 is 0 Å². The molecular formula is C23H29Cl2N3O3S. The second-order valence-corrected chi connectivity index (χ2v) is 10.7. The third-order valence-electron chi connectivity index (χ3n) is 5.73. The average Bonchev–Trinajstić information content (AvgIpc) is 2.77. The summed E-state index contributed by atoms with van der Waals surface area (Å²) in [6.07, 6.45) is 1.75. The topological polar surface area (TPSA) is 69.7 Å². The normalized spacial score (nSPS) is 17.5. The monoisotopic (exact) mass is 497 g/mol. The van der Waals surface area contributed by atoms with Gasteiger partial charge in [-0.3, -0.25) is 9.69 Å². The van der Waals surface area contributed by atoms with Gasteiger partial charge in [0, 0.05) is 31.9 Å². The first kappa shape index (κ1) is 25.0. The van der Waals surface area contributed by atoms with Crippen LogP contribution >= 0.6 is 23.2 Å². The van der Waals surface area contributed by atoms with Crippen LogP contribution in [-0.2, 0) is 21.4 Å². The Morgan fingerprint density at radius 3 is 2.41 bits per heavy atom. The van der Waals surface area contributed by atoms with Gasteiger partial charge in [0.1, 0.15) is 0 Å². The fourth-order valence-corrected chi connectivity index (χ4v) is 5.76. The summed E-state index contributed by atoms with van der Waals surface area (Å²) in [6, 6.07) is 12.0. The quantitative estimate of drug-likeness (QED) is 0.564. The third kappa shape index (κ3) is 6.02. The van der Waals surface area contributed by atoms with Crippen molar-refractivity contribution >= 4 is 44.8 Å². The van der Waals surface area contributed by atoms with Gasteiger partial charge < -0.3 is 5.32 Å². The third-order valence-corrected chi connectivity index (χ3v) is 8.53. The molecule has 1 saturated heterocycles. The lowest BCUT2D eigenvalue weighted by atomic mass is 9.96. The highest BCUT2D eigenvalue weighted by Gasteiger charge is 2.26. The fourth-order valence-electron chi connectivity index (χ4n) is 3.98. The fraction of sp³-hybridized carbons (Fsp3) is 0.435. The van der Waals surface area contributed by atoms with Crippen molar-refractivity contribution in [1.82, 2.24) is 9.21 Å². The number of hydrogen-bond donors (Lipinski definition) is 1. The van der Waals surface area contributed by atoms with Gasteiger partial charge in [-0.1, -0.05) is 43.1 Å². The van der Waals surface area contributed by atoms with Gasteiger partial charge in [0.25, 0.3) is 0 Å². The summed E-state index contributed by atoms with van der Waals surface area (Å²) >= 11 is 12.1. The Kier molecular flexibility index (Phi) is 8.58. The van der Waals surface area contributed by atoms with Crippen LogP contribution in [0.15, 0.2) is 47.4 Å². The van der Waals surface area contributed by atoms with Crippen LogP contribution < -0.4 is 5.32 Å². The van der Waals surface area contributed by atoms with E-state index in [1.807, 2.05) is 26.0 Å². The van der Waals surface area contributed by atoms with Crippen molar-refractivity contribution in [2.75, 3.05) is 31.5 Å². The largest absolute Gasteiger partial charge is 0.326 e. The van der Waals surface area contributed by atoms with E-state index in [1.165, 1.54) is 4.31 Å². The standard InChI is InChI=1S/C23H29Cl2N3O3S/c1-3-28(4-2)32(30,31)20-10-8-19(9-11-20)26-23(29)18-6-5-13-27(16-18)15-17-7-12-21(24)22(25)14-17/h7-12,14,18H,3-6,13,15-16H2,1-2H3,(H,26,29). The zero-order valence-electron chi connectivity index (χ0n) is 18.4. The number of benzene rings is 2. The van der Waals surface area contributed by atoms with Crippen molar-refractivity contribution in [1.29, 1.82) is 0 Å². The molecule has 1 aliphatic heterocycles. The van der Waals surface area contributed by atoms with Gasteiger partial charge in [-0.25, -0.2) is 8.42 Å². The maximum atomic E-state index is 12.8. The Hall–Kier alpha value is -1.64.